The van der Waals surface area contributed by atoms with Crippen LogP contribution in [0.3, 0.4) is 0 Å². The smallest absolute Gasteiger partial charge is 0.227 e. The molecule has 3 aromatic rings. The van der Waals surface area contributed by atoms with Crippen molar-refractivity contribution in [3.8, 4) is 22.8 Å². The van der Waals surface area contributed by atoms with Gasteiger partial charge in [0.25, 0.3) is 0 Å². The maximum atomic E-state index is 15.0. The van der Waals surface area contributed by atoms with Gasteiger partial charge in [-0.1, -0.05) is 6.07 Å². The first kappa shape index (κ1) is 21.5. The standard InChI is InChI=1S/C25H28FN5O2/c1-15(2)31-8-9-33-24-20(26)11-18(12-21(24)31)23-22(32-3)14-28-25(30-23)29-19-5-4-17-13-27-7-6-16(17)10-19/h4-5,10-12,14-15,27H,6-9,13H2,1-3H3,(H,28,29,30). The Hall–Kier alpha value is -3.39. The average molecular weight is 450 g/mol. The van der Waals surface area contributed by atoms with Gasteiger partial charge in [-0.3, -0.25) is 0 Å². The fraction of sp³-hybridized carbons (Fsp3) is 0.360. The van der Waals surface area contributed by atoms with Crippen LogP contribution in [0, 0.1) is 5.82 Å². The van der Waals surface area contributed by atoms with Gasteiger partial charge >= 0.3 is 0 Å². The van der Waals surface area contributed by atoms with E-state index in [1.165, 1.54) is 17.2 Å². The number of hydrogen-bond acceptors (Lipinski definition) is 7. The van der Waals surface area contributed by atoms with Crippen LogP contribution in [0.1, 0.15) is 25.0 Å². The van der Waals surface area contributed by atoms with E-state index in [1.54, 1.807) is 13.3 Å². The number of hydrogen-bond donors (Lipinski definition) is 2. The summed E-state index contributed by atoms with van der Waals surface area (Å²) in [6.07, 6.45) is 2.60. The second-order valence-corrected chi connectivity index (χ2v) is 8.59. The van der Waals surface area contributed by atoms with Crippen LogP contribution in [0.25, 0.3) is 11.3 Å². The third-order valence-electron chi connectivity index (χ3n) is 6.13. The number of nitrogens with one attached hydrogen (secondary N) is 2. The Kier molecular flexibility index (Phi) is 5.76. The number of rotatable bonds is 5. The molecule has 0 saturated heterocycles. The minimum absolute atomic E-state index is 0.214. The van der Waals surface area contributed by atoms with E-state index in [9.17, 15) is 0 Å². The van der Waals surface area contributed by atoms with E-state index in [2.05, 4.69) is 46.5 Å². The Balaban J connectivity index is 1.52. The summed E-state index contributed by atoms with van der Waals surface area (Å²) in [6, 6.07) is 9.86. The maximum Gasteiger partial charge on any atom is 0.227 e. The van der Waals surface area contributed by atoms with Crippen LogP contribution in [0.15, 0.2) is 36.5 Å². The zero-order chi connectivity index (χ0) is 22.9. The number of nitrogens with zero attached hydrogens (tertiary/aromatic N) is 3. The van der Waals surface area contributed by atoms with Crippen molar-refractivity contribution in [3.05, 3.63) is 53.5 Å². The molecule has 0 radical (unpaired) electrons. The molecule has 0 saturated carbocycles. The lowest BCUT2D eigenvalue weighted by atomic mass is 10.0. The minimum Gasteiger partial charge on any atom is -0.493 e. The normalized spacial score (nSPS) is 15.0. The first-order valence-corrected chi connectivity index (χ1v) is 11.3. The molecule has 3 heterocycles. The molecule has 0 unspecified atom stereocenters. The molecule has 2 aromatic carbocycles. The second kappa shape index (κ2) is 8.86. The fourth-order valence-corrected chi connectivity index (χ4v) is 4.45. The molecule has 2 N–H and O–H groups in total. The Bertz CT molecular complexity index is 1180. The van der Waals surface area contributed by atoms with Crippen LogP contribution >= 0.6 is 0 Å². The van der Waals surface area contributed by atoms with Crippen molar-refractivity contribution in [1.82, 2.24) is 15.3 Å². The van der Waals surface area contributed by atoms with E-state index < -0.39 is 5.82 Å². The van der Waals surface area contributed by atoms with Crippen LogP contribution in [-0.2, 0) is 13.0 Å². The molecular weight excluding hydrogens is 421 g/mol. The summed E-state index contributed by atoms with van der Waals surface area (Å²) >= 11 is 0. The van der Waals surface area contributed by atoms with E-state index in [4.69, 9.17) is 14.5 Å². The SMILES string of the molecule is COc1cnc(Nc2ccc3c(c2)CCNC3)nc1-c1cc(F)c2c(c1)N(C(C)C)CCO2. The van der Waals surface area contributed by atoms with Gasteiger partial charge in [-0.2, -0.15) is 0 Å². The summed E-state index contributed by atoms with van der Waals surface area (Å²) in [5.41, 5.74) is 5.41. The zero-order valence-electron chi connectivity index (χ0n) is 19.1. The van der Waals surface area contributed by atoms with Crippen molar-refractivity contribution in [2.75, 3.05) is 37.0 Å². The van der Waals surface area contributed by atoms with Crippen molar-refractivity contribution >= 4 is 17.3 Å². The predicted molar refractivity (Wildman–Crippen MR) is 127 cm³/mol. The van der Waals surface area contributed by atoms with Crippen molar-refractivity contribution in [1.29, 1.82) is 0 Å². The van der Waals surface area contributed by atoms with E-state index in [1.807, 2.05) is 12.1 Å². The monoisotopic (exact) mass is 449 g/mol. The zero-order valence-corrected chi connectivity index (χ0v) is 19.1. The highest BCUT2D eigenvalue weighted by Gasteiger charge is 2.26. The van der Waals surface area contributed by atoms with Crippen LogP contribution in [0.2, 0.25) is 0 Å². The summed E-state index contributed by atoms with van der Waals surface area (Å²) in [6.45, 7) is 7.20. The topological polar surface area (TPSA) is 71.5 Å². The number of fused-ring (bicyclic) bond motifs is 2. The highest BCUT2D eigenvalue weighted by molar-refractivity contribution is 5.76. The number of methoxy groups -OCH3 is 1. The van der Waals surface area contributed by atoms with Crippen molar-refractivity contribution in [3.63, 3.8) is 0 Å². The number of halogens is 1. The van der Waals surface area contributed by atoms with Crippen LogP contribution in [0.4, 0.5) is 21.7 Å². The molecule has 172 valence electrons. The van der Waals surface area contributed by atoms with Gasteiger partial charge in [0, 0.05) is 23.8 Å². The third kappa shape index (κ3) is 4.18. The molecule has 7 nitrogen and oxygen atoms in total. The lowest BCUT2D eigenvalue weighted by Crippen LogP contribution is -2.38. The fourth-order valence-electron chi connectivity index (χ4n) is 4.45. The van der Waals surface area contributed by atoms with E-state index in [0.29, 0.717) is 36.1 Å². The largest absolute Gasteiger partial charge is 0.493 e. The first-order valence-electron chi connectivity index (χ1n) is 11.3. The molecule has 33 heavy (non-hydrogen) atoms. The van der Waals surface area contributed by atoms with Gasteiger partial charge in [0.15, 0.2) is 17.3 Å². The molecule has 0 atom stereocenters. The van der Waals surface area contributed by atoms with E-state index >= 15 is 4.39 Å². The highest BCUT2D eigenvalue weighted by Crippen LogP contribution is 2.40. The summed E-state index contributed by atoms with van der Waals surface area (Å²) in [4.78, 5) is 11.2. The van der Waals surface area contributed by atoms with Crippen molar-refractivity contribution < 1.29 is 13.9 Å². The van der Waals surface area contributed by atoms with Gasteiger partial charge in [-0.05, 0) is 62.2 Å². The molecule has 0 spiro atoms. The number of aromatic nitrogens is 2. The molecule has 5 rings (SSSR count). The number of benzene rings is 2. The molecular formula is C25H28FN5O2. The van der Waals surface area contributed by atoms with Crippen LogP contribution < -0.4 is 25.0 Å². The summed E-state index contributed by atoms with van der Waals surface area (Å²) in [7, 11) is 1.56. The molecule has 0 amide bonds. The Morgan fingerprint density at radius 1 is 1.21 bits per heavy atom. The third-order valence-corrected chi connectivity index (χ3v) is 6.13. The summed E-state index contributed by atoms with van der Waals surface area (Å²) < 4.78 is 26.2. The minimum atomic E-state index is -0.411. The number of anilines is 3. The lowest BCUT2D eigenvalue weighted by Gasteiger charge is -2.34. The Morgan fingerprint density at radius 3 is 2.91 bits per heavy atom. The Labute approximate surface area is 193 Å². The summed E-state index contributed by atoms with van der Waals surface area (Å²) in [5, 5.41) is 6.67. The lowest BCUT2D eigenvalue weighted by molar-refractivity contribution is 0.287. The van der Waals surface area contributed by atoms with Gasteiger partial charge in [0.1, 0.15) is 12.3 Å². The maximum absolute atomic E-state index is 15.0. The molecule has 2 aliphatic heterocycles. The molecule has 0 fully saturated rings. The summed E-state index contributed by atoms with van der Waals surface area (Å²) in [5.74, 6) is 0.777. The van der Waals surface area contributed by atoms with Gasteiger partial charge in [0.2, 0.25) is 5.95 Å². The number of ether oxygens (including phenoxy) is 2. The average Bonchev–Trinajstić information content (AvgIpc) is 2.83. The van der Waals surface area contributed by atoms with Crippen molar-refractivity contribution in [2.24, 2.45) is 0 Å². The molecule has 2 aliphatic rings. The molecule has 0 aliphatic carbocycles. The van der Waals surface area contributed by atoms with E-state index in [-0.39, 0.29) is 11.8 Å². The quantitative estimate of drug-likeness (QED) is 0.602. The highest BCUT2D eigenvalue weighted by atomic mass is 19.1. The van der Waals surface area contributed by atoms with Gasteiger partial charge in [-0.25, -0.2) is 14.4 Å². The molecule has 0 bridgehead atoms. The predicted octanol–water partition coefficient (Wildman–Crippen LogP) is 4.29. The van der Waals surface area contributed by atoms with Gasteiger partial charge in [-0.15, -0.1) is 0 Å². The van der Waals surface area contributed by atoms with Gasteiger partial charge in [0.05, 0.1) is 25.5 Å². The van der Waals surface area contributed by atoms with Crippen LogP contribution in [-0.4, -0.2) is 42.8 Å². The van der Waals surface area contributed by atoms with E-state index in [0.717, 1.165) is 30.9 Å². The van der Waals surface area contributed by atoms with Gasteiger partial charge < -0.3 is 25.0 Å². The van der Waals surface area contributed by atoms with Crippen molar-refractivity contribution in [2.45, 2.75) is 32.9 Å². The first-order chi connectivity index (χ1) is 16.0. The Morgan fingerprint density at radius 2 is 2.09 bits per heavy atom. The second-order valence-electron chi connectivity index (χ2n) is 8.59. The molecule has 8 heteroatoms. The molecule has 1 aromatic heterocycles. The van der Waals surface area contributed by atoms with Crippen LogP contribution in [0.5, 0.6) is 11.5 Å².